The average Bonchev–Trinajstić information content (AvgIpc) is 4.13. The largest absolute Gasteiger partial charge is 0.456 e. The van der Waals surface area contributed by atoms with Gasteiger partial charge in [-0.2, -0.15) is 0 Å². The van der Waals surface area contributed by atoms with Crippen LogP contribution >= 0.6 is 0 Å². The van der Waals surface area contributed by atoms with Crippen molar-refractivity contribution in [3.63, 3.8) is 0 Å². The second kappa shape index (κ2) is 12.2. The van der Waals surface area contributed by atoms with Crippen LogP contribution in [0.3, 0.4) is 0 Å². The van der Waals surface area contributed by atoms with Crippen LogP contribution in [0.5, 0.6) is 0 Å². The predicted octanol–water partition coefficient (Wildman–Crippen LogP) is 15.7. The highest BCUT2D eigenvalue weighted by Crippen LogP contribution is 2.65. The van der Waals surface area contributed by atoms with Crippen LogP contribution in [0, 0.1) is 0 Å². The molecule has 0 unspecified atom stereocenters. The molecule has 296 valence electrons. The number of rotatable bonds is 3. The number of hydrogen-bond acceptors (Lipinski definition) is 2. The van der Waals surface area contributed by atoms with Crippen molar-refractivity contribution in [1.82, 2.24) is 0 Å². The van der Waals surface area contributed by atoms with Gasteiger partial charge in [0.15, 0.2) is 0 Å². The Bertz CT molecular complexity index is 3510. The zero-order valence-electron chi connectivity index (χ0n) is 34.7. The van der Waals surface area contributed by atoms with E-state index in [4.69, 9.17) is 4.42 Å². The third-order valence-corrected chi connectivity index (χ3v) is 15.1. The average molecular weight is 812 g/mol. The topological polar surface area (TPSA) is 16.4 Å². The number of benzene rings is 10. The number of nitrogens with zero attached hydrogens (tertiary/aromatic N) is 1. The van der Waals surface area contributed by atoms with Crippen LogP contribution in [-0.2, 0) is 10.8 Å². The van der Waals surface area contributed by atoms with Gasteiger partial charge in [0.05, 0.1) is 21.9 Å². The highest BCUT2D eigenvalue weighted by Gasteiger charge is 2.53. The van der Waals surface area contributed by atoms with Crippen molar-refractivity contribution in [1.29, 1.82) is 0 Å². The summed E-state index contributed by atoms with van der Waals surface area (Å²) in [5, 5.41) is 2.20. The Balaban J connectivity index is 1.04. The lowest BCUT2D eigenvalue weighted by Gasteiger charge is -2.33. The van der Waals surface area contributed by atoms with Crippen molar-refractivity contribution >= 4 is 39.0 Å². The first-order chi connectivity index (χ1) is 31.8. The van der Waals surface area contributed by atoms with E-state index in [1.54, 1.807) is 0 Å². The molecule has 0 atom stereocenters. The van der Waals surface area contributed by atoms with Gasteiger partial charge in [0.1, 0.15) is 11.2 Å². The summed E-state index contributed by atoms with van der Waals surface area (Å²) in [5.41, 5.74) is 25.1. The van der Waals surface area contributed by atoms with E-state index < -0.39 is 10.8 Å². The van der Waals surface area contributed by atoms with Crippen LogP contribution in [0.2, 0.25) is 0 Å². The van der Waals surface area contributed by atoms with E-state index in [0.29, 0.717) is 0 Å². The molecule has 15 rings (SSSR count). The van der Waals surface area contributed by atoms with Gasteiger partial charge in [0.2, 0.25) is 0 Å². The first-order valence-electron chi connectivity index (χ1n) is 22.3. The van der Waals surface area contributed by atoms with E-state index in [2.05, 4.69) is 229 Å². The summed E-state index contributed by atoms with van der Waals surface area (Å²) in [6.45, 7) is 0. The number of fused-ring (bicyclic) bond motifs is 23. The van der Waals surface area contributed by atoms with E-state index in [0.717, 1.165) is 39.0 Å². The van der Waals surface area contributed by atoms with Gasteiger partial charge >= 0.3 is 0 Å². The second-order valence-corrected chi connectivity index (χ2v) is 17.8. The predicted molar refractivity (Wildman–Crippen MR) is 261 cm³/mol. The summed E-state index contributed by atoms with van der Waals surface area (Å²) in [5.74, 6) is 0. The first kappa shape index (κ1) is 34.4. The highest BCUT2D eigenvalue weighted by atomic mass is 16.3. The molecule has 0 N–H and O–H groups in total. The zero-order valence-corrected chi connectivity index (χ0v) is 34.7. The van der Waals surface area contributed by atoms with E-state index in [-0.39, 0.29) is 0 Å². The Kier molecular flexibility index (Phi) is 6.58. The molecule has 2 heteroatoms. The Morgan fingerprint density at radius 2 is 0.625 bits per heavy atom. The molecule has 2 spiro atoms. The van der Waals surface area contributed by atoms with Crippen LogP contribution in [0.25, 0.3) is 66.4 Å². The Hall–Kier alpha value is -8.20. The minimum atomic E-state index is -0.476. The third kappa shape index (κ3) is 4.03. The molecule has 4 aliphatic rings. The third-order valence-electron chi connectivity index (χ3n) is 15.1. The molecular formula is C62H37NO. The van der Waals surface area contributed by atoms with Crippen LogP contribution in [-0.4, -0.2) is 0 Å². The summed E-state index contributed by atoms with van der Waals surface area (Å²) >= 11 is 0. The quantitative estimate of drug-likeness (QED) is 0.177. The molecule has 2 nitrogen and oxygen atoms in total. The molecule has 0 bridgehead atoms. The van der Waals surface area contributed by atoms with E-state index in [1.807, 2.05) is 0 Å². The lowest BCUT2D eigenvalue weighted by Crippen LogP contribution is -2.26. The number of hydrogen-bond donors (Lipinski definition) is 0. The number of para-hydroxylation sites is 1. The van der Waals surface area contributed by atoms with Crippen LogP contribution in [0.4, 0.5) is 17.1 Å². The van der Waals surface area contributed by atoms with Crippen LogP contribution in [0.1, 0.15) is 44.5 Å². The van der Waals surface area contributed by atoms with Crippen molar-refractivity contribution < 1.29 is 4.42 Å². The Morgan fingerprint density at radius 1 is 0.281 bits per heavy atom. The second-order valence-electron chi connectivity index (χ2n) is 17.8. The fraction of sp³-hybridized carbons (Fsp3) is 0.0323. The fourth-order valence-corrected chi connectivity index (χ4v) is 12.8. The summed E-state index contributed by atoms with van der Waals surface area (Å²) in [7, 11) is 0. The molecule has 0 saturated heterocycles. The Morgan fingerprint density at radius 3 is 1.05 bits per heavy atom. The molecule has 0 amide bonds. The first-order valence-corrected chi connectivity index (χ1v) is 22.3. The normalized spacial score (nSPS) is 14.5. The molecule has 1 aromatic heterocycles. The molecule has 0 saturated carbocycles. The van der Waals surface area contributed by atoms with E-state index in [9.17, 15) is 0 Å². The summed E-state index contributed by atoms with van der Waals surface area (Å²) < 4.78 is 6.63. The maximum Gasteiger partial charge on any atom is 0.137 e. The standard InChI is InChI=1S/C62H37NO/c1-8-23-49-40(16-1)41-17-2-9-24-50(41)61(49)53-27-12-5-20-44(53)46-34-32-38(36-55(46)61)63(57-29-15-31-59-60(57)48-22-7-14-30-58(48)64-59)39-33-35-47-45-21-6-13-28-54(45)62(56(47)37-39)51-25-10-3-18-42(51)43-19-4-11-26-52(43)62/h1-37H. The summed E-state index contributed by atoms with van der Waals surface area (Å²) in [6.07, 6.45) is 0. The van der Waals surface area contributed by atoms with Crippen molar-refractivity contribution in [2.24, 2.45) is 0 Å². The molecule has 10 aromatic carbocycles. The zero-order chi connectivity index (χ0) is 41.7. The minimum absolute atomic E-state index is 0.476. The smallest absolute Gasteiger partial charge is 0.137 e. The van der Waals surface area contributed by atoms with Crippen molar-refractivity contribution in [2.45, 2.75) is 10.8 Å². The van der Waals surface area contributed by atoms with Crippen molar-refractivity contribution in [3.05, 3.63) is 269 Å². The summed E-state index contributed by atoms with van der Waals surface area (Å²) in [4.78, 5) is 2.51. The van der Waals surface area contributed by atoms with Crippen LogP contribution in [0.15, 0.2) is 229 Å². The Labute approximate surface area is 371 Å². The highest BCUT2D eigenvalue weighted by molar-refractivity contribution is 6.13. The summed E-state index contributed by atoms with van der Waals surface area (Å²) in [6, 6.07) is 83.9. The van der Waals surface area contributed by atoms with Crippen molar-refractivity contribution in [3.8, 4) is 44.5 Å². The fourth-order valence-electron chi connectivity index (χ4n) is 12.8. The molecule has 0 aliphatic heterocycles. The lowest BCUT2D eigenvalue weighted by molar-refractivity contribution is 0.669. The van der Waals surface area contributed by atoms with Gasteiger partial charge in [-0.05, 0) is 131 Å². The van der Waals surface area contributed by atoms with Gasteiger partial charge in [0, 0.05) is 16.8 Å². The number of anilines is 3. The molecule has 0 fully saturated rings. The molecule has 11 aromatic rings. The lowest BCUT2D eigenvalue weighted by atomic mass is 9.70. The van der Waals surface area contributed by atoms with Crippen LogP contribution < -0.4 is 4.90 Å². The van der Waals surface area contributed by atoms with Gasteiger partial charge in [0.25, 0.3) is 0 Å². The molecule has 1 heterocycles. The number of furan rings is 1. The van der Waals surface area contributed by atoms with E-state index >= 15 is 0 Å². The molecule has 4 aliphatic carbocycles. The molecule has 0 radical (unpaired) electrons. The molecular weight excluding hydrogens is 775 g/mol. The monoisotopic (exact) mass is 811 g/mol. The maximum atomic E-state index is 6.63. The van der Waals surface area contributed by atoms with Gasteiger partial charge in [-0.25, -0.2) is 0 Å². The van der Waals surface area contributed by atoms with Gasteiger partial charge in [-0.3, -0.25) is 0 Å². The molecule has 64 heavy (non-hydrogen) atoms. The maximum absolute atomic E-state index is 6.63. The van der Waals surface area contributed by atoms with E-state index in [1.165, 1.54) is 89.0 Å². The van der Waals surface area contributed by atoms with Crippen molar-refractivity contribution in [2.75, 3.05) is 4.90 Å². The SMILES string of the molecule is c1ccc2c(c1)-c1ccccc1C21c2ccccc2-c2ccc(N(c3ccc4c(c3)C3(c5ccccc5-c5ccccc53)c3ccccc3-4)c3cccc4oc5ccccc5c34)cc21. The van der Waals surface area contributed by atoms with Gasteiger partial charge in [-0.15, -0.1) is 0 Å². The minimum Gasteiger partial charge on any atom is -0.456 e. The van der Waals surface area contributed by atoms with Gasteiger partial charge < -0.3 is 9.32 Å². The van der Waals surface area contributed by atoms with Gasteiger partial charge in [-0.1, -0.05) is 182 Å².